The van der Waals surface area contributed by atoms with E-state index in [0.29, 0.717) is 13.8 Å². The summed E-state index contributed by atoms with van der Waals surface area (Å²) < 4.78 is 5.05. The summed E-state index contributed by atoms with van der Waals surface area (Å²) in [4.78, 5) is 50.0. The van der Waals surface area contributed by atoms with Crippen LogP contribution in [0.25, 0.3) is 10.4 Å². The Hall–Kier alpha value is -2.41. The van der Waals surface area contributed by atoms with Crippen molar-refractivity contribution in [1.29, 1.82) is 0 Å². The second-order valence-corrected chi connectivity index (χ2v) is 6.21. The fourth-order valence-electron chi connectivity index (χ4n) is 3.10. The lowest BCUT2D eigenvalue weighted by atomic mass is 9.63. The van der Waals surface area contributed by atoms with Crippen molar-refractivity contribution in [3.05, 3.63) is 10.4 Å². The average molecular weight is 388 g/mol. The fraction of sp³-hybridized carbons (Fsp3) is 0.714. The minimum absolute atomic E-state index is 0.663. The number of carbonyl (C=O) groups is 4. The number of rotatable bonds is 6. The third-order valence-electron chi connectivity index (χ3n) is 4.42. The summed E-state index contributed by atoms with van der Waals surface area (Å²) in [5, 5.41) is 47.7. The summed E-state index contributed by atoms with van der Waals surface area (Å²) in [6.07, 6.45) is -6.88. The second kappa shape index (κ2) is 7.31. The standard InChI is InChI=1S/C14H20N4O9/c1-5(19)9(23)10-12(24,6(2)20)13(25,7(3)21)14(26,16-8(4)22)11(27-10)17-18-15/h9-11,23-26H,1-4H3,(H,16,22)/t9?,10-,11-,12-,13+,14+/m1/s1. The van der Waals surface area contributed by atoms with Crippen LogP contribution in [0.1, 0.15) is 27.7 Å². The molecule has 13 nitrogen and oxygen atoms in total. The molecule has 1 unspecified atom stereocenters. The molecule has 0 aliphatic carbocycles. The van der Waals surface area contributed by atoms with Crippen LogP contribution in [0.4, 0.5) is 0 Å². The summed E-state index contributed by atoms with van der Waals surface area (Å²) in [5.74, 6) is -4.92. The number of amides is 1. The van der Waals surface area contributed by atoms with E-state index in [1.165, 1.54) is 0 Å². The Bertz CT molecular complexity index is 736. The van der Waals surface area contributed by atoms with Gasteiger partial charge in [0.15, 0.2) is 29.2 Å². The van der Waals surface area contributed by atoms with E-state index >= 15 is 0 Å². The highest BCUT2D eigenvalue weighted by atomic mass is 16.6. The molecule has 1 heterocycles. The van der Waals surface area contributed by atoms with Crippen molar-refractivity contribution in [2.75, 3.05) is 0 Å². The highest BCUT2D eigenvalue weighted by Crippen LogP contribution is 2.46. The van der Waals surface area contributed by atoms with Crippen molar-refractivity contribution >= 4 is 23.3 Å². The third-order valence-corrected chi connectivity index (χ3v) is 4.42. The lowest BCUT2D eigenvalue weighted by molar-refractivity contribution is -0.342. The van der Waals surface area contributed by atoms with Crippen LogP contribution in [0.3, 0.4) is 0 Å². The van der Waals surface area contributed by atoms with Gasteiger partial charge in [0, 0.05) is 11.8 Å². The van der Waals surface area contributed by atoms with Crippen LogP contribution in [0.15, 0.2) is 5.11 Å². The normalized spacial score (nSPS) is 36.9. The molecule has 5 N–H and O–H groups in total. The van der Waals surface area contributed by atoms with Crippen molar-refractivity contribution in [1.82, 2.24) is 5.32 Å². The molecule has 27 heavy (non-hydrogen) atoms. The monoisotopic (exact) mass is 388 g/mol. The Labute approximate surface area is 152 Å². The minimum Gasteiger partial charge on any atom is -0.382 e. The summed E-state index contributed by atoms with van der Waals surface area (Å²) >= 11 is 0. The van der Waals surface area contributed by atoms with Crippen molar-refractivity contribution in [2.24, 2.45) is 5.11 Å². The van der Waals surface area contributed by atoms with Crippen LogP contribution in [0.5, 0.6) is 0 Å². The second-order valence-electron chi connectivity index (χ2n) is 6.21. The number of ketones is 3. The smallest absolute Gasteiger partial charge is 0.219 e. The molecule has 0 spiro atoms. The number of nitrogens with zero attached hydrogens (tertiary/aromatic N) is 3. The Morgan fingerprint density at radius 1 is 1.11 bits per heavy atom. The van der Waals surface area contributed by atoms with E-state index in [9.17, 15) is 39.6 Å². The van der Waals surface area contributed by atoms with E-state index < -0.39 is 58.6 Å². The number of carbonyl (C=O) groups excluding carboxylic acids is 4. The predicted octanol–water partition coefficient (Wildman–Crippen LogP) is -2.56. The first-order valence-corrected chi connectivity index (χ1v) is 7.57. The number of aliphatic hydroxyl groups is 4. The van der Waals surface area contributed by atoms with Gasteiger partial charge in [0.05, 0.1) is 0 Å². The van der Waals surface area contributed by atoms with E-state index in [2.05, 4.69) is 10.0 Å². The van der Waals surface area contributed by atoms with Crippen molar-refractivity contribution in [3.8, 4) is 0 Å². The topological polar surface area (TPSA) is 219 Å². The molecular formula is C14H20N4O9. The summed E-state index contributed by atoms with van der Waals surface area (Å²) in [5.41, 5.74) is -1.58. The Morgan fingerprint density at radius 2 is 1.63 bits per heavy atom. The van der Waals surface area contributed by atoms with E-state index in [4.69, 9.17) is 10.3 Å². The van der Waals surface area contributed by atoms with E-state index in [1.54, 1.807) is 5.32 Å². The Morgan fingerprint density at radius 3 is 1.96 bits per heavy atom. The van der Waals surface area contributed by atoms with Gasteiger partial charge in [-0.05, 0) is 26.3 Å². The zero-order valence-corrected chi connectivity index (χ0v) is 14.9. The lowest BCUT2D eigenvalue weighted by Gasteiger charge is -2.58. The fourth-order valence-corrected chi connectivity index (χ4v) is 3.10. The van der Waals surface area contributed by atoms with Gasteiger partial charge in [0.25, 0.3) is 0 Å². The van der Waals surface area contributed by atoms with Gasteiger partial charge in [0.2, 0.25) is 17.2 Å². The average Bonchev–Trinajstić information content (AvgIpc) is 2.53. The van der Waals surface area contributed by atoms with Gasteiger partial charge < -0.3 is 30.5 Å². The number of ether oxygens (including phenoxy) is 1. The van der Waals surface area contributed by atoms with Crippen LogP contribution in [-0.4, -0.2) is 79.0 Å². The Kier molecular flexibility index (Phi) is 6.12. The quantitative estimate of drug-likeness (QED) is 0.139. The molecule has 0 radical (unpaired) electrons. The van der Waals surface area contributed by atoms with Crippen molar-refractivity contribution in [3.63, 3.8) is 0 Å². The zero-order chi connectivity index (χ0) is 21.4. The molecule has 150 valence electrons. The first-order chi connectivity index (χ1) is 12.2. The lowest BCUT2D eigenvalue weighted by Crippen LogP contribution is -2.88. The van der Waals surface area contributed by atoms with Gasteiger partial charge >= 0.3 is 0 Å². The summed E-state index contributed by atoms with van der Waals surface area (Å²) in [6, 6.07) is 0. The first-order valence-electron chi connectivity index (χ1n) is 7.57. The molecule has 1 amide bonds. The van der Waals surface area contributed by atoms with Crippen LogP contribution in [0, 0.1) is 0 Å². The summed E-state index contributed by atoms with van der Waals surface area (Å²) in [7, 11) is 0. The molecule has 0 aromatic heterocycles. The SMILES string of the molecule is CC(=O)N[C@]1(O)[C@H](N=[N+]=[N-])O[C@H](C(O)C(C)=O)[C@](O)(C(C)=O)[C@@]1(O)C(C)=O. The molecular weight excluding hydrogens is 368 g/mol. The number of nitrogens with one attached hydrogen (secondary N) is 1. The number of azide groups is 1. The maximum atomic E-state index is 12.3. The molecule has 6 atom stereocenters. The van der Waals surface area contributed by atoms with Gasteiger partial charge in [-0.3, -0.25) is 19.2 Å². The van der Waals surface area contributed by atoms with E-state index in [0.717, 1.165) is 13.8 Å². The molecule has 13 heteroatoms. The van der Waals surface area contributed by atoms with E-state index in [-0.39, 0.29) is 0 Å². The van der Waals surface area contributed by atoms with Crippen molar-refractivity contribution in [2.45, 2.75) is 63.1 Å². The summed E-state index contributed by atoms with van der Waals surface area (Å²) in [6.45, 7) is 3.07. The van der Waals surface area contributed by atoms with Crippen LogP contribution < -0.4 is 5.32 Å². The molecule has 1 fully saturated rings. The van der Waals surface area contributed by atoms with E-state index in [1.807, 2.05) is 0 Å². The number of hydrogen-bond acceptors (Lipinski definition) is 10. The highest BCUT2D eigenvalue weighted by Gasteiger charge is 2.78. The van der Waals surface area contributed by atoms with Gasteiger partial charge in [-0.25, -0.2) is 0 Å². The first kappa shape index (κ1) is 22.6. The van der Waals surface area contributed by atoms with Crippen LogP contribution in [-0.2, 0) is 23.9 Å². The molecule has 0 aromatic carbocycles. The molecule has 1 saturated heterocycles. The number of aliphatic hydroxyl groups excluding tert-OH is 1. The third kappa shape index (κ3) is 3.10. The number of Topliss-reactive ketones (excluding diaryl/α,β-unsaturated/α-hetero) is 3. The highest BCUT2D eigenvalue weighted by molar-refractivity contribution is 6.00. The maximum Gasteiger partial charge on any atom is 0.219 e. The maximum absolute atomic E-state index is 12.3. The molecule has 0 bridgehead atoms. The molecule has 1 rings (SSSR count). The molecule has 0 saturated carbocycles. The predicted molar refractivity (Wildman–Crippen MR) is 84.5 cm³/mol. The van der Waals surface area contributed by atoms with Gasteiger partial charge in [-0.2, -0.15) is 0 Å². The van der Waals surface area contributed by atoms with Crippen molar-refractivity contribution < 1.29 is 44.3 Å². The molecule has 1 aliphatic heterocycles. The zero-order valence-electron chi connectivity index (χ0n) is 14.9. The van der Waals surface area contributed by atoms with Gasteiger partial charge in [-0.15, -0.1) is 0 Å². The Balaban J connectivity index is 3.96. The van der Waals surface area contributed by atoms with Gasteiger partial charge in [-0.1, -0.05) is 5.11 Å². The minimum atomic E-state index is -3.56. The molecule has 0 aromatic rings. The van der Waals surface area contributed by atoms with Crippen LogP contribution in [0.2, 0.25) is 0 Å². The molecule has 1 aliphatic rings. The largest absolute Gasteiger partial charge is 0.382 e. The van der Waals surface area contributed by atoms with Crippen LogP contribution >= 0.6 is 0 Å². The number of hydrogen-bond donors (Lipinski definition) is 5. The van der Waals surface area contributed by atoms with Gasteiger partial charge in [0.1, 0.15) is 12.2 Å².